The Morgan fingerprint density at radius 1 is 1.22 bits per heavy atom. The quantitative estimate of drug-likeness (QED) is 0.784. The fraction of sp³-hybridized carbons (Fsp3) is 0.579. The van der Waals surface area contributed by atoms with Crippen molar-refractivity contribution in [2.45, 2.75) is 52.2 Å². The van der Waals surface area contributed by atoms with Crippen molar-refractivity contribution in [3.05, 3.63) is 41.7 Å². The number of rotatable bonds is 5. The number of anilines is 1. The van der Waals surface area contributed by atoms with E-state index in [1.807, 2.05) is 35.1 Å². The van der Waals surface area contributed by atoms with Gasteiger partial charge in [-0.05, 0) is 58.9 Å². The highest BCUT2D eigenvalue weighted by molar-refractivity contribution is 7.93. The summed E-state index contributed by atoms with van der Waals surface area (Å²) >= 11 is 0. The molecule has 1 fully saturated rings. The number of sulfonamides is 1. The SMILES string of the molecule is CC(c1ccc(N2CCCS2(=O)=O)cc1)N(C)Cc1cn(C(C)(C)C)nn1. The minimum absolute atomic E-state index is 0.0822. The van der Waals surface area contributed by atoms with Crippen LogP contribution in [0.15, 0.2) is 30.5 Å². The van der Waals surface area contributed by atoms with Crippen LogP contribution in [-0.4, -0.2) is 47.7 Å². The predicted octanol–water partition coefficient (Wildman–Crippen LogP) is 2.77. The Morgan fingerprint density at radius 3 is 2.41 bits per heavy atom. The van der Waals surface area contributed by atoms with E-state index in [0.29, 0.717) is 19.5 Å². The molecule has 0 N–H and O–H groups in total. The zero-order chi connectivity index (χ0) is 19.8. The Hall–Kier alpha value is -1.93. The molecule has 7 nitrogen and oxygen atoms in total. The van der Waals surface area contributed by atoms with Crippen molar-refractivity contribution in [1.82, 2.24) is 19.9 Å². The molecule has 2 heterocycles. The lowest BCUT2D eigenvalue weighted by molar-refractivity contribution is 0.250. The largest absolute Gasteiger partial charge is 0.294 e. The van der Waals surface area contributed by atoms with Gasteiger partial charge in [0.05, 0.1) is 28.9 Å². The fourth-order valence-electron chi connectivity index (χ4n) is 3.19. The van der Waals surface area contributed by atoms with Crippen molar-refractivity contribution in [1.29, 1.82) is 0 Å². The molecule has 1 aromatic heterocycles. The molecular weight excluding hydrogens is 362 g/mol. The van der Waals surface area contributed by atoms with Gasteiger partial charge in [0.1, 0.15) is 0 Å². The summed E-state index contributed by atoms with van der Waals surface area (Å²) in [6.45, 7) is 9.69. The first-order valence-electron chi connectivity index (χ1n) is 9.30. The number of aromatic nitrogens is 3. The van der Waals surface area contributed by atoms with Crippen LogP contribution in [0.1, 0.15) is 51.4 Å². The third-order valence-corrected chi connectivity index (χ3v) is 6.93. The second kappa shape index (κ2) is 7.24. The summed E-state index contributed by atoms with van der Waals surface area (Å²) in [6.07, 6.45) is 2.68. The van der Waals surface area contributed by atoms with Gasteiger partial charge in [0.2, 0.25) is 10.0 Å². The van der Waals surface area contributed by atoms with Gasteiger partial charge >= 0.3 is 0 Å². The topological polar surface area (TPSA) is 71.3 Å². The number of benzene rings is 1. The van der Waals surface area contributed by atoms with Crippen LogP contribution in [0, 0.1) is 0 Å². The van der Waals surface area contributed by atoms with E-state index in [9.17, 15) is 8.42 Å². The van der Waals surface area contributed by atoms with Crippen LogP contribution in [0.25, 0.3) is 0 Å². The summed E-state index contributed by atoms with van der Waals surface area (Å²) in [7, 11) is -1.08. The Labute approximate surface area is 162 Å². The lowest BCUT2D eigenvalue weighted by Crippen LogP contribution is -2.25. The average molecular weight is 392 g/mol. The first-order valence-corrected chi connectivity index (χ1v) is 10.9. The van der Waals surface area contributed by atoms with Crippen molar-refractivity contribution >= 4 is 15.7 Å². The molecule has 1 aromatic carbocycles. The van der Waals surface area contributed by atoms with Crippen LogP contribution in [0.5, 0.6) is 0 Å². The highest BCUT2D eigenvalue weighted by Crippen LogP contribution is 2.27. The molecule has 1 saturated heterocycles. The first kappa shape index (κ1) is 19.8. The van der Waals surface area contributed by atoms with Gasteiger partial charge in [0.25, 0.3) is 0 Å². The lowest BCUT2D eigenvalue weighted by Gasteiger charge is -2.25. The second-order valence-corrected chi connectivity index (χ2v) is 10.3. The molecular formula is C19H29N5O2S. The molecule has 0 amide bonds. The van der Waals surface area contributed by atoms with Gasteiger partial charge in [-0.3, -0.25) is 9.21 Å². The second-order valence-electron chi connectivity index (χ2n) is 8.25. The molecule has 2 aromatic rings. The molecule has 0 aliphatic carbocycles. The van der Waals surface area contributed by atoms with Gasteiger partial charge < -0.3 is 0 Å². The smallest absolute Gasteiger partial charge is 0.235 e. The number of hydrogen-bond acceptors (Lipinski definition) is 5. The van der Waals surface area contributed by atoms with E-state index in [1.165, 1.54) is 4.31 Å². The van der Waals surface area contributed by atoms with Gasteiger partial charge in [-0.1, -0.05) is 17.3 Å². The van der Waals surface area contributed by atoms with E-state index < -0.39 is 10.0 Å². The van der Waals surface area contributed by atoms with Crippen molar-refractivity contribution in [2.24, 2.45) is 0 Å². The Balaban J connectivity index is 1.68. The number of hydrogen-bond donors (Lipinski definition) is 0. The summed E-state index contributed by atoms with van der Waals surface area (Å²) in [5, 5.41) is 8.50. The molecule has 1 aliphatic rings. The van der Waals surface area contributed by atoms with E-state index >= 15 is 0 Å². The summed E-state index contributed by atoms with van der Waals surface area (Å²) in [6, 6.07) is 8.00. The summed E-state index contributed by atoms with van der Waals surface area (Å²) in [5.41, 5.74) is 2.74. The Kier molecular flexibility index (Phi) is 5.31. The molecule has 3 rings (SSSR count). The van der Waals surface area contributed by atoms with E-state index in [1.54, 1.807) is 0 Å². The maximum atomic E-state index is 12.1. The van der Waals surface area contributed by atoms with Crippen molar-refractivity contribution in [3.63, 3.8) is 0 Å². The molecule has 1 unspecified atom stereocenters. The minimum Gasteiger partial charge on any atom is -0.294 e. The third kappa shape index (κ3) is 4.32. The van der Waals surface area contributed by atoms with Crippen LogP contribution < -0.4 is 4.31 Å². The summed E-state index contributed by atoms with van der Waals surface area (Å²) in [5.74, 6) is 0.239. The molecule has 0 radical (unpaired) electrons. The third-order valence-electron chi connectivity index (χ3n) is 5.06. The van der Waals surface area contributed by atoms with Crippen molar-refractivity contribution in [2.75, 3.05) is 23.7 Å². The fourth-order valence-corrected chi connectivity index (χ4v) is 4.76. The van der Waals surface area contributed by atoms with Gasteiger partial charge in [-0.15, -0.1) is 5.10 Å². The average Bonchev–Trinajstić information content (AvgIpc) is 3.20. The maximum Gasteiger partial charge on any atom is 0.235 e. The van der Waals surface area contributed by atoms with E-state index in [2.05, 4.69) is 50.0 Å². The van der Waals surface area contributed by atoms with Gasteiger partial charge in [-0.2, -0.15) is 0 Å². The standard InChI is InChI=1S/C19H29N5O2S/c1-15(22(5)13-17-14-24(21-20-17)19(2,3)4)16-7-9-18(10-8-16)23-11-6-12-27(23,25)26/h7-10,14-15H,6,11-13H2,1-5H3. The normalized spacial score (nSPS) is 18.2. The van der Waals surface area contributed by atoms with Crippen LogP contribution in [0.3, 0.4) is 0 Å². The van der Waals surface area contributed by atoms with Crippen LogP contribution in [0.2, 0.25) is 0 Å². The van der Waals surface area contributed by atoms with Crippen molar-refractivity contribution < 1.29 is 8.42 Å². The Morgan fingerprint density at radius 2 is 1.89 bits per heavy atom. The molecule has 0 saturated carbocycles. The molecule has 27 heavy (non-hydrogen) atoms. The summed E-state index contributed by atoms with van der Waals surface area (Å²) < 4.78 is 27.5. The molecule has 1 aliphatic heterocycles. The first-order chi connectivity index (χ1) is 12.6. The lowest BCUT2D eigenvalue weighted by atomic mass is 10.1. The van der Waals surface area contributed by atoms with Crippen molar-refractivity contribution in [3.8, 4) is 0 Å². The minimum atomic E-state index is -3.13. The molecule has 0 bridgehead atoms. The zero-order valence-electron chi connectivity index (χ0n) is 16.8. The molecule has 148 valence electrons. The Bertz CT molecular complexity index is 884. The van der Waals surface area contributed by atoms with Gasteiger partial charge in [-0.25, -0.2) is 13.1 Å². The molecule has 0 spiro atoms. The monoisotopic (exact) mass is 391 g/mol. The highest BCUT2D eigenvalue weighted by Gasteiger charge is 2.28. The highest BCUT2D eigenvalue weighted by atomic mass is 32.2. The predicted molar refractivity (Wildman–Crippen MR) is 107 cm³/mol. The van der Waals surface area contributed by atoms with Gasteiger partial charge in [0, 0.05) is 19.1 Å². The van der Waals surface area contributed by atoms with Crippen LogP contribution >= 0.6 is 0 Å². The van der Waals surface area contributed by atoms with E-state index in [4.69, 9.17) is 0 Å². The van der Waals surface area contributed by atoms with Crippen LogP contribution in [-0.2, 0) is 22.1 Å². The molecule has 8 heteroatoms. The zero-order valence-corrected chi connectivity index (χ0v) is 17.6. The number of nitrogens with zero attached hydrogens (tertiary/aromatic N) is 5. The van der Waals surface area contributed by atoms with E-state index in [-0.39, 0.29) is 17.3 Å². The molecule has 1 atom stereocenters. The summed E-state index contributed by atoms with van der Waals surface area (Å²) in [4.78, 5) is 2.21. The van der Waals surface area contributed by atoms with E-state index in [0.717, 1.165) is 16.9 Å². The maximum absolute atomic E-state index is 12.1. The van der Waals surface area contributed by atoms with Crippen LogP contribution in [0.4, 0.5) is 5.69 Å². The van der Waals surface area contributed by atoms with Gasteiger partial charge in [0.15, 0.2) is 0 Å².